The maximum atomic E-state index is 12.2. The molecule has 0 amide bonds. The first-order valence-corrected chi connectivity index (χ1v) is 11.1. The molecule has 4 N–H and O–H groups in total. The van der Waals surface area contributed by atoms with Gasteiger partial charge in [-0.05, 0) is 30.3 Å². The Labute approximate surface area is 183 Å². The molecule has 0 aliphatic carbocycles. The van der Waals surface area contributed by atoms with E-state index < -0.39 is 22.5 Å². The SMILES string of the molecule is O=C(O)CNS(=O)(=O)c1ccc(N=C(c2ccccc2)c2c(O)[nH]c3ccccc23)cc1. The summed E-state index contributed by atoms with van der Waals surface area (Å²) in [6.07, 6.45) is 0. The predicted molar refractivity (Wildman–Crippen MR) is 121 cm³/mol. The number of nitrogens with one attached hydrogen (secondary N) is 2. The van der Waals surface area contributed by atoms with Crippen molar-refractivity contribution in [1.29, 1.82) is 0 Å². The van der Waals surface area contributed by atoms with E-state index >= 15 is 0 Å². The summed E-state index contributed by atoms with van der Waals surface area (Å²) in [7, 11) is -3.96. The summed E-state index contributed by atoms with van der Waals surface area (Å²) in [5, 5.41) is 20.1. The van der Waals surface area contributed by atoms with Crippen LogP contribution in [0.25, 0.3) is 10.9 Å². The Hall–Kier alpha value is -3.95. The highest BCUT2D eigenvalue weighted by molar-refractivity contribution is 7.89. The molecular weight excluding hydrogens is 430 g/mol. The third-order valence-corrected chi connectivity index (χ3v) is 6.19. The number of aliphatic carboxylic acids is 1. The first-order chi connectivity index (χ1) is 15.3. The number of aliphatic imine (C=N–C) groups is 1. The lowest BCUT2D eigenvalue weighted by Crippen LogP contribution is -2.29. The number of hydrogen-bond acceptors (Lipinski definition) is 5. The van der Waals surface area contributed by atoms with Crippen molar-refractivity contribution in [3.8, 4) is 5.88 Å². The molecule has 0 atom stereocenters. The largest absolute Gasteiger partial charge is 0.494 e. The van der Waals surface area contributed by atoms with Crippen LogP contribution in [0.3, 0.4) is 0 Å². The van der Waals surface area contributed by atoms with E-state index in [4.69, 9.17) is 10.1 Å². The molecule has 0 saturated carbocycles. The van der Waals surface area contributed by atoms with Crippen molar-refractivity contribution in [1.82, 2.24) is 9.71 Å². The van der Waals surface area contributed by atoms with Crippen LogP contribution in [0.1, 0.15) is 11.1 Å². The van der Waals surface area contributed by atoms with E-state index in [1.165, 1.54) is 24.3 Å². The number of benzene rings is 3. The lowest BCUT2D eigenvalue weighted by atomic mass is 10.0. The zero-order valence-electron chi connectivity index (χ0n) is 16.7. The summed E-state index contributed by atoms with van der Waals surface area (Å²) in [5.41, 5.74) is 3.04. The molecule has 4 rings (SSSR count). The Morgan fingerprint density at radius 1 is 0.938 bits per heavy atom. The highest BCUT2D eigenvalue weighted by Crippen LogP contribution is 2.31. The van der Waals surface area contributed by atoms with Gasteiger partial charge in [-0.3, -0.25) is 4.79 Å². The van der Waals surface area contributed by atoms with Crippen LogP contribution in [-0.4, -0.2) is 41.8 Å². The van der Waals surface area contributed by atoms with E-state index in [0.717, 1.165) is 16.5 Å². The molecule has 0 radical (unpaired) electrons. The van der Waals surface area contributed by atoms with E-state index in [0.29, 0.717) is 17.0 Å². The number of fused-ring (bicyclic) bond motifs is 1. The number of sulfonamides is 1. The van der Waals surface area contributed by atoms with Crippen LogP contribution in [0.4, 0.5) is 5.69 Å². The standard InChI is InChI=1S/C23H19N3O5S/c27-20(28)14-24-32(30,31)17-12-10-16(11-13-17)25-22(15-6-2-1-3-7-15)21-18-8-4-5-9-19(18)26-23(21)29/h1-13,24,26,29H,14H2,(H,27,28). The van der Waals surface area contributed by atoms with Gasteiger partial charge in [-0.15, -0.1) is 0 Å². The molecule has 1 heterocycles. The van der Waals surface area contributed by atoms with E-state index in [-0.39, 0.29) is 10.8 Å². The summed E-state index contributed by atoms with van der Waals surface area (Å²) in [6.45, 7) is -0.708. The van der Waals surface area contributed by atoms with Gasteiger partial charge >= 0.3 is 5.97 Å². The number of carboxylic acid groups (broad SMARTS) is 1. The van der Waals surface area contributed by atoms with Gasteiger partial charge in [0, 0.05) is 16.5 Å². The number of aromatic hydroxyl groups is 1. The van der Waals surface area contributed by atoms with Crippen molar-refractivity contribution in [3.05, 3.63) is 90.0 Å². The monoisotopic (exact) mass is 449 g/mol. The van der Waals surface area contributed by atoms with Crippen molar-refractivity contribution in [2.45, 2.75) is 4.90 Å². The quantitative estimate of drug-likeness (QED) is 0.321. The second-order valence-electron chi connectivity index (χ2n) is 6.93. The molecule has 32 heavy (non-hydrogen) atoms. The summed E-state index contributed by atoms with van der Waals surface area (Å²) < 4.78 is 26.5. The van der Waals surface area contributed by atoms with E-state index in [2.05, 4.69) is 4.98 Å². The molecule has 0 aliphatic heterocycles. The minimum absolute atomic E-state index is 0.0223. The highest BCUT2D eigenvalue weighted by Gasteiger charge is 2.19. The molecule has 0 unspecified atom stereocenters. The molecule has 0 aliphatic rings. The van der Waals surface area contributed by atoms with Crippen molar-refractivity contribution in [2.24, 2.45) is 4.99 Å². The topological polar surface area (TPSA) is 132 Å². The Balaban J connectivity index is 1.79. The lowest BCUT2D eigenvalue weighted by Gasteiger charge is -2.09. The van der Waals surface area contributed by atoms with E-state index in [1.807, 2.05) is 59.3 Å². The second kappa shape index (κ2) is 8.66. The van der Waals surface area contributed by atoms with Gasteiger partial charge in [-0.2, -0.15) is 4.72 Å². The Bertz CT molecular complexity index is 1410. The Morgan fingerprint density at radius 3 is 2.28 bits per heavy atom. The summed E-state index contributed by atoms with van der Waals surface area (Å²) in [5.74, 6) is -1.30. The van der Waals surface area contributed by atoms with Crippen LogP contribution in [0.2, 0.25) is 0 Å². The number of hydrogen-bond donors (Lipinski definition) is 4. The number of aromatic nitrogens is 1. The molecule has 0 fully saturated rings. The van der Waals surface area contributed by atoms with Gasteiger partial charge in [-0.25, -0.2) is 13.4 Å². The van der Waals surface area contributed by atoms with Gasteiger partial charge in [-0.1, -0.05) is 48.5 Å². The van der Waals surface area contributed by atoms with Gasteiger partial charge in [0.1, 0.15) is 6.54 Å². The number of rotatable bonds is 7. The fourth-order valence-corrected chi connectivity index (χ4v) is 4.27. The van der Waals surface area contributed by atoms with Crippen LogP contribution < -0.4 is 4.72 Å². The maximum Gasteiger partial charge on any atom is 0.318 e. The summed E-state index contributed by atoms with van der Waals surface area (Å²) in [6, 6.07) is 22.5. The fourth-order valence-electron chi connectivity index (χ4n) is 3.30. The van der Waals surface area contributed by atoms with Crippen molar-refractivity contribution in [2.75, 3.05) is 6.54 Å². The van der Waals surface area contributed by atoms with Crippen molar-refractivity contribution < 1.29 is 23.4 Å². The van der Waals surface area contributed by atoms with E-state index in [9.17, 15) is 18.3 Å². The Morgan fingerprint density at radius 2 is 1.59 bits per heavy atom. The Kier molecular flexibility index (Phi) is 5.76. The van der Waals surface area contributed by atoms with Gasteiger partial charge in [0.25, 0.3) is 0 Å². The van der Waals surface area contributed by atoms with Gasteiger partial charge in [0.2, 0.25) is 10.0 Å². The average molecular weight is 449 g/mol. The molecule has 162 valence electrons. The zero-order valence-corrected chi connectivity index (χ0v) is 17.5. The van der Waals surface area contributed by atoms with Crippen LogP contribution in [0.15, 0.2) is 88.8 Å². The molecule has 0 bridgehead atoms. The summed E-state index contributed by atoms with van der Waals surface area (Å²) in [4.78, 5) is 18.2. The van der Waals surface area contributed by atoms with Crippen molar-refractivity contribution in [3.63, 3.8) is 0 Å². The summed E-state index contributed by atoms with van der Waals surface area (Å²) >= 11 is 0. The first-order valence-electron chi connectivity index (χ1n) is 9.61. The predicted octanol–water partition coefficient (Wildman–Crippen LogP) is 3.41. The smallest absolute Gasteiger partial charge is 0.318 e. The third-order valence-electron chi connectivity index (χ3n) is 4.77. The number of nitrogens with zero attached hydrogens (tertiary/aromatic N) is 1. The molecule has 1 aromatic heterocycles. The molecule has 8 nitrogen and oxygen atoms in total. The zero-order chi connectivity index (χ0) is 22.7. The highest BCUT2D eigenvalue weighted by atomic mass is 32.2. The van der Waals surface area contributed by atoms with Crippen LogP contribution >= 0.6 is 0 Å². The van der Waals surface area contributed by atoms with Crippen LogP contribution in [0, 0.1) is 0 Å². The molecule has 4 aromatic rings. The molecular formula is C23H19N3O5S. The second-order valence-corrected chi connectivity index (χ2v) is 8.70. The number of carboxylic acids is 1. The minimum Gasteiger partial charge on any atom is -0.494 e. The maximum absolute atomic E-state index is 12.2. The van der Waals surface area contributed by atoms with Crippen molar-refractivity contribution >= 4 is 38.3 Å². The van der Waals surface area contributed by atoms with Gasteiger partial charge in [0.15, 0.2) is 5.88 Å². The number of carbonyl (C=O) groups is 1. The number of aromatic amines is 1. The van der Waals surface area contributed by atoms with Gasteiger partial charge < -0.3 is 15.2 Å². The lowest BCUT2D eigenvalue weighted by molar-refractivity contribution is -0.135. The normalized spacial score (nSPS) is 12.2. The third kappa shape index (κ3) is 4.39. The molecule has 0 saturated heterocycles. The molecule has 9 heteroatoms. The average Bonchev–Trinajstić information content (AvgIpc) is 3.12. The first kappa shape index (κ1) is 21.3. The molecule has 0 spiro atoms. The van der Waals surface area contributed by atoms with Crippen LogP contribution in [0.5, 0.6) is 5.88 Å². The number of para-hydroxylation sites is 1. The molecule has 3 aromatic carbocycles. The minimum atomic E-state index is -3.96. The van der Waals surface area contributed by atoms with Gasteiger partial charge in [0.05, 0.1) is 21.9 Å². The fraction of sp³-hybridized carbons (Fsp3) is 0.0435. The van der Waals surface area contributed by atoms with Crippen LogP contribution in [-0.2, 0) is 14.8 Å². The number of H-pyrrole nitrogens is 1. The van der Waals surface area contributed by atoms with E-state index in [1.54, 1.807) is 0 Å².